The molecule has 0 heterocycles. The van der Waals surface area contributed by atoms with Gasteiger partial charge in [-0.25, -0.2) is 0 Å². The first-order chi connectivity index (χ1) is 14.7. The predicted molar refractivity (Wildman–Crippen MR) is 126 cm³/mol. The maximum atomic E-state index is 13.2. The van der Waals surface area contributed by atoms with Gasteiger partial charge in [-0.05, 0) is 56.5 Å². The molecule has 2 rings (SSSR count). The van der Waals surface area contributed by atoms with Crippen molar-refractivity contribution in [3.8, 4) is 5.75 Å². The fourth-order valence-corrected chi connectivity index (χ4v) is 3.52. The Kier molecular flexibility index (Phi) is 9.66. The summed E-state index contributed by atoms with van der Waals surface area (Å²) < 4.78 is 5.69. The summed E-state index contributed by atoms with van der Waals surface area (Å²) >= 11 is 12.4. The maximum Gasteiger partial charge on any atom is 0.261 e. The smallest absolute Gasteiger partial charge is 0.261 e. The van der Waals surface area contributed by atoms with E-state index in [2.05, 4.69) is 5.32 Å². The standard InChI is InChI=1S/C24H30Cl2N2O3/c1-5-17(4)27-24(30)22(6-2)28(14-18-9-10-19(25)13-21(18)26)23(29)15-31-20-11-7-16(3)8-12-20/h7-13,17,22H,5-6,14-15H2,1-4H3,(H,27,30). The Morgan fingerprint density at radius 3 is 2.32 bits per heavy atom. The van der Waals surface area contributed by atoms with Gasteiger partial charge in [0.1, 0.15) is 11.8 Å². The van der Waals surface area contributed by atoms with Crippen LogP contribution in [-0.4, -0.2) is 35.4 Å². The van der Waals surface area contributed by atoms with E-state index in [0.29, 0.717) is 27.8 Å². The number of nitrogens with zero attached hydrogens (tertiary/aromatic N) is 1. The number of carbonyl (C=O) groups excluding carboxylic acids is 2. The van der Waals surface area contributed by atoms with Crippen molar-refractivity contribution in [3.05, 3.63) is 63.6 Å². The number of aryl methyl sites for hydroxylation is 1. The van der Waals surface area contributed by atoms with Gasteiger partial charge in [-0.15, -0.1) is 0 Å². The highest BCUT2D eigenvalue weighted by molar-refractivity contribution is 6.35. The summed E-state index contributed by atoms with van der Waals surface area (Å²) in [5.74, 6) is 0.115. The van der Waals surface area contributed by atoms with Crippen LogP contribution in [0, 0.1) is 6.92 Å². The van der Waals surface area contributed by atoms with Gasteiger partial charge in [-0.1, -0.05) is 60.8 Å². The van der Waals surface area contributed by atoms with Crippen molar-refractivity contribution in [2.75, 3.05) is 6.61 Å². The minimum absolute atomic E-state index is 0.0152. The van der Waals surface area contributed by atoms with Crippen molar-refractivity contribution < 1.29 is 14.3 Å². The van der Waals surface area contributed by atoms with Crippen LogP contribution >= 0.6 is 23.2 Å². The van der Waals surface area contributed by atoms with Gasteiger partial charge in [0.05, 0.1) is 0 Å². The molecular weight excluding hydrogens is 435 g/mol. The molecule has 2 aromatic carbocycles. The lowest BCUT2D eigenvalue weighted by molar-refractivity contribution is -0.143. The number of amides is 2. The van der Waals surface area contributed by atoms with Crippen LogP contribution in [0.3, 0.4) is 0 Å². The fourth-order valence-electron chi connectivity index (χ4n) is 3.06. The third-order valence-corrected chi connectivity index (χ3v) is 5.71. The normalized spacial score (nSPS) is 12.7. The molecule has 0 spiro atoms. The minimum Gasteiger partial charge on any atom is -0.484 e. The Hall–Kier alpha value is -2.24. The second-order valence-electron chi connectivity index (χ2n) is 7.60. The Morgan fingerprint density at radius 1 is 1.06 bits per heavy atom. The van der Waals surface area contributed by atoms with Crippen molar-refractivity contribution in [1.82, 2.24) is 10.2 Å². The molecule has 7 heteroatoms. The van der Waals surface area contributed by atoms with Gasteiger partial charge in [0.2, 0.25) is 5.91 Å². The van der Waals surface area contributed by atoms with E-state index in [-0.39, 0.29) is 31.0 Å². The van der Waals surface area contributed by atoms with E-state index in [1.807, 2.05) is 52.0 Å². The highest BCUT2D eigenvalue weighted by Gasteiger charge is 2.30. The van der Waals surface area contributed by atoms with Gasteiger partial charge >= 0.3 is 0 Å². The van der Waals surface area contributed by atoms with E-state index in [9.17, 15) is 9.59 Å². The van der Waals surface area contributed by atoms with Crippen LogP contribution in [0.5, 0.6) is 5.75 Å². The summed E-state index contributed by atoms with van der Waals surface area (Å²) in [5.41, 5.74) is 1.81. The monoisotopic (exact) mass is 464 g/mol. The molecule has 0 fully saturated rings. The highest BCUT2D eigenvalue weighted by Crippen LogP contribution is 2.24. The molecule has 2 atom stereocenters. The molecule has 0 aromatic heterocycles. The zero-order chi connectivity index (χ0) is 23.0. The molecule has 0 aliphatic rings. The summed E-state index contributed by atoms with van der Waals surface area (Å²) in [6.45, 7) is 7.80. The average Bonchev–Trinajstić information content (AvgIpc) is 2.74. The summed E-state index contributed by atoms with van der Waals surface area (Å²) in [7, 11) is 0. The molecule has 0 saturated heterocycles. The molecule has 0 aliphatic carbocycles. The number of ether oxygens (including phenoxy) is 1. The number of hydrogen-bond donors (Lipinski definition) is 1. The van der Waals surface area contributed by atoms with Gasteiger partial charge in [0, 0.05) is 22.6 Å². The summed E-state index contributed by atoms with van der Waals surface area (Å²) in [6, 6.07) is 11.9. The van der Waals surface area contributed by atoms with Crippen LogP contribution in [-0.2, 0) is 16.1 Å². The van der Waals surface area contributed by atoms with Crippen LogP contribution < -0.4 is 10.1 Å². The molecule has 0 aliphatic heterocycles. The van der Waals surface area contributed by atoms with E-state index < -0.39 is 6.04 Å². The van der Waals surface area contributed by atoms with Crippen LogP contribution in [0.2, 0.25) is 10.0 Å². The molecule has 2 unspecified atom stereocenters. The van der Waals surface area contributed by atoms with Crippen molar-refractivity contribution >= 4 is 35.0 Å². The first-order valence-electron chi connectivity index (χ1n) is 10.5. The van der Waals surface area contributed by atoms with Gasteiger partial charge in [0.15, 0.2) is 6.61 Å². The molecule has 168 valence electrons. The molecular formula is C24H30Cl2N2O3. The summed E-state index contributed by atoms with van der Waals surface area (Å²) in [6.07, 6.45) is 1.26. The number of carbonyl (C=O) groups is 2. The van der Waals surface area contributed by atoms with Crippen molar-refractivity contribution in [2.45, 2.75) is 59.2 Å². The van der Waals surface area contributed by atoms with Crippen LogP contribution in [0.15, 0.2) is 42.5 Å². The van der Waals surface area contributed by atoms with E-state index >= 15 is 0 Å². The number of hydrogen-bond acceptors (Lipinski definition) is 3. The Balaban J connectivity index is 2.24. The number of benzene rings is 2. The van der Waals surface area contributed by atoms with Crippen molar-refractivity contribution in [2.24, 2.45) is 0 Å². The summed E-state index contributed by atoms with van der Waals surface area (Å²) in [5, 5.41) is 3.93. The molecule has 5 nitrogen and oxygen atoms in total. The Morgan fingerprint density at radius 2 is 1.74 bits per heavy atom. The van der Waals surface area contributed by atoms with Crippen LogP contribution in [0.25, 0.3) is 0 Å². The van der Waals surface area contributed by atoms with E-state index in [1.54, 1.807) is 18.2 Å². The van der Waals surface area contributed by atoms with Crippen LogP contribution in [0.1, 0.15) is 44.7 Å². The Labute approximate surface area is 194 Å². The maximum absolute atomic E-state index is 13.2. The molecule has 2 amide bonds. The minimum atomic E-state index is -0.644. The molecule has 1 N–H and O–H groups in total. The molecule has 0 bridgehead atoms. The number of halogens is 2. The largest absolute Gasteiger partial charge is 0.484 e. The second-order valence-corrected chi connectivity index (χ2v) is 8.44. The second kappa shape index (κ2) is 12.0. The SMILES string of the molecule is CCC(C)NC(=O)C(CC)N(Cc1ccc(Cl)cc1Cl)C(=O)COc1ccc(C)cc1. The van der Waals surface area contributed by atoms with Crippen molar-refractivity contribution in [1.29, 1.82) is 0 Å². The van der Waals surface area contributed by atoms with Crippen LogP contribution in [0.4, 0.5) is 0 Å². The zero-order valence-electron chi connectivity index (χ0n) is 18.5. The molecule has 2 aromatic rings. The third-order valence-electron chi connectivity index (χ3n) is 5.13. The lowest BCUT2D eigenvalue weighted by Gasteiger charge is -2.31. The van der Waals surface area contributed by atoms with Crippen molar-refractivity contribution in [3.63, 3.8) is 0 Å². The molecule has 0 radical (unpaired) electrons. The average molecular weight is 465 g/mol. The first kappa shape index (κ1) is 25.0. The van der Waals surface area contributed by atoms with E-state index in [1.165, 1.54) is 4.90 Å². The molecule has 31 heavy (non-hydrogen) atoms. The lowest BCUT2D eigenvalue weighted by atomic mass is 10.1. The zero-order valence-corrected chi connectivity index (χ0v) is 20.0. The first-order valence-corrected chi connectivity index (χ1v) is 11.2. The topological polar surface area (TPSA) is 58.6 Å². The van der Waals surface area contributed by atoms with E-state index in [0.717, 1.165) is 12.0 Å². The van der Waals surface area contributed by atoms with Gasteiger partial charge in [-0.3, -0.25) is 9.59 Å². The highest BCUT2D eigenvalue weighted by atomic mass is 35.5. The van der Waals surface area contributed by atoms with Gasteiger partial charge in [0.25, 0.3) is 5.91 Å². The predicted octanol–water partition coefficient (Wildman–Crippen LogP) is 5.40. The quantitative estimate of drug-likeness (QED) is 0.511. The van der Waals surface area contributed by atoms with Gasteiger partial charge < -0.3 is 15.0 Å². The summed E-state index contributed by atoms with van der Waals surface area (Å²) in [4.78, 5) is 27.6. The Bertz CT molecular complexity index is 887. The van der Waals surface area contributed by atoms with E-state index in [4.69, 9.17) is 27.9 Å². The lowest BCUT2D eigenvalue weighted by Crippen LogP contribution is -2.51. The number of rotatable bonds is 10. The molecule has 0 saturated carbocycles. The fraction of sp³-hybridized carbons (Fsp3) is 0.417. The third kappa shape index (κ3) is 7.44. The van der Waals surface area contributed by atoms with Gasteiger partial charge in [-0.2, -0.15) is 0 Å². The number of nitrogens with one attached hydrogen (secondary N) is 1.